The summed E-state index contributed by atoms with van der Waals surface area (Å²) < 4.78 is 11.7. The lowest BCUT2D eigenvalue weighted by Crippen LogP contribution is -2.37. The van der Waals surface area contributed by atoms with Gasteiger partial charge in [0.15, 0.2) is 5.72 Å². The van der Waals surface area contributed by atoms with Crippen LogP contribution >= 0.6 is 0 Å². The van der Waals surface area contributed by atoms with Gasteiger partial charge >= 0.3 is 5.97 Å². The van der Waals surface area contributed by atoms with E-state index in [0.717, 1.165) is 36.1 Å². The Labute approximate surface area is 174 Å². The van der Waals surface area contributed by atoms with Gasteiger partial charge in [0.1, 0.15) is 5.60 Å². The molecule has 3 rings (SSSR count). The summed E-state index contributed by atoms with van der Waals surface area (Å²) in [5, 5.41) is 0. The highest BCUT2D eigenvalue weighted by Gasteiger charge is 2.35. The second-order valence-electron chi connectivity index (χ2n) is 8.53. The van der Waals surface area contributed by atoms with Crippen molar-refractivity contribution in [3.8, 4) is 0 Å². The monoisotopic (exact) mass is 393 g/mol. The predicted octanol–water partition coefficient (Wildman–Crippen LogP) is 5.54. The first-order valence-corrected chi connectivity index (χ1v) is 10.4. The molecule has 2 aromatic rings. The quantitative estimate of drug-likeness (QED) is 0.478. The molecule has 1 heterocycles. The molecule has 29 heavy (non-hydrogen) atoms. The Morgan fingerprint density at radius 1 is 1.00 bits per heavy atom. The molecule has 4 heteroatoms. The summed E-state index contributed by atoms with van der Waals surface area (Å²) in [5.41, 5.74) is 1.81. The first-order chi connectivity index (χ1) is 13.9. The Bertz CT molecular complexity index is 775. The molecule has 0 aromatic heterocycles. The fourth-order valence-corrected chi connectivity index (χ4v) is 3.56. The second kappa shape index (κ2) is 9.36. The summed E-state index contributed by atoms with van der Waals surface area (Å²) in [4.78, 5) is 17.5. The Hall–Kier alpha value is -2.46. The van der Waals surface area contributed by atoms with E-state index in [1.807, 2.05) is 57.2 Å². The van der Waals surface area contributed by atoms with E-state index in [2.05, 4.69) is 24.3 Å². The van der Waals surface area contributed by atoms with Gasteiger partial charge in [0, 0.05) is 24.2 Å². The smallest absolute Gasteiger partial charge is 0.306 e. The number of aliphatic imine (C=N–C) groups is 1. The van der Waals surface area contributed by atoms with Crippen molar-refractivity contribution in [2.45, 2.75) is 64.2 Å². The van der Waals surface area contributed by atoms with Crippen molar-refractivity contribution in [3.63, 3.8) is 0 Å². The van der Waals surface area contributed by atoms with Gasteiger partial charge in [-0.05, 0) is 40.0 Å². The van der Waals surface area contributed by atoms with Gasteiger partial charge < -0.3 is 9.47 Å². The summed E-state index contributed by atoms with van der Waals surface area (Å²) >= 11 is 0. The molecule has 154 valence electrons. The topological polar surface area (TPSA) is 47.9 Å². The summed E-state index contributed by atoms with van der Waals surface area (Å²) in [5.74, 6) is -0.206. The normalized spacial score (nSPS) is 19.4. The van der Waals surface area contributed by atoms with Crippen LogP contribution in [-0.4, -0.2) is 29.6 Å². The molecule has 0 radical (unpaired) electrons. The number of nitrogens with zero attached hydrogens (tertiary/aromatic N) is 1. The fraction of sp³-hybridized carbons (Fsp3) is 0.440. The van der Waals surface area contributed by atoms with Crippen LogP contribution in [0.3, 0.4) is 0 Å². The highest BCUT2D eigenvalue weighted by molar-refractivity contribution is 6.13. The third-order valence-electron chi connectivity index (χ3n) is 4.88. The van der Waals surface area contributed by atoms with Gasteiger partial charge in [-0.3, -0.25) is 9.79 Å². The Kier molecular flexibility index (Phi) is 6.86. The molecule has 1 aliphatic heterocycles. The molecule has 1 fully saturated rings. The Balaban J connectivity index is 1.93. The zero-order valence-corrected chi connectivity index (χ0v) is 17.7. The molecule has 1 atom stereocenters. The molecular formula is C25H31NO3. The van der Waals surface area contributed by atoms with E-state index >= 15 is 0 Å². The van der Waals surface area contributed by atoms with Crippen LogP contribution in [0, 0.1) is 0 Å². The van der Waals surface area contributed by atoms with Crippen molar-refractivity contribution < 1.29 is 14.3 Å². The fourth-order valence-electron chi connectivity index (χ4n) is 3.56. The zero-order chi connectivity index (χ0) is 20.7. The third-order valence-corrected chi connectivity index (χ3v) is 4.88. The molecule has 0 N–H and O–H groups in total. The van der Waals surface area contributed by atoms with Crippen LogP contribution in [0.1, 0.15) is 64.0 Å². The summed E-state index contributed by atoms with van der Waals surface area (Å²) in [6.07, 6.45) is 3.67. The van der Waals surface area contributed by atoms with Crippen LogP contribution in [-0.2, 0) is 14.3 Å². The third kappa shape index (κ3) is 6.26. The van der Waals surface area contributed by atoms with E-state index < -0.39 is 11.3 Å². The van der Waals surface area contributed by atoms with Crippen LogP contribution in [0.2, 0.25) is 0 Å². The minimum absolute atomic E-state index is 0.206. The number of carbonyl (C=O) groups excluding carboxylic acids is 1. The maximum Gasteiger partial charge on any atom is 0.306 e. The van der Waals surface area contributed by atoms with Gasteiger partial charge in [-0.1, -0.05) is 60.7 Å². The van der Waals surface area contributed by atoms with Gasteiger partial charge in [-0.2, -0.15) is 0 Å². The number of ether oxygens (including phenoxy) is 2. The summed E-state index contributed by atoms with van der Waals surface area (Å²) in [7, 11) is 0. The number of rotatable bonds is 6. The number of esters is 1. The number of hydrogen-bond donors (Lipinski definition) is 0. The lowest BCUT2D eigenvalue weighted by Gasteiger charge is -2.35. The molecule has 0 bridgehead atoms. The predicted molar refractivity (Wildman–Crippen MR) is 116 cm³/mol. The average molecular weight is 394 g/mol. The molecule has 0 spiro atoms. The Morgan fingerprint density at radius 3 is 2.07 bits per heavy atom. The van der Waals surface area contributed by atoms with E-state index in [0.29, 0.717) is 13.0 Å². The van der Waals surface area contributed by atoms with Gasteiger partial charge in [-0.25, -0.2) is 0 Å². The molecular weight excluding hydrogens is 362 g/mol. The van der Waals surface area contributed by atoms with Crippen molar-refractivity contribution in [1.29, 1.82) is 0 Å². The molecule has 0 aliphatic carbocycles. The molecule has 0 saturated carbocycles. The SMILES string of the molecule is CC(C)(C)OC(=O)CCC1(N=C(c2ccccc2)c2ccccc2)CCCCO1. The molecule has 1 aliphatic rings. The van der Waals surface area contributed by atoms with Crippen molar-refractivity contribution in [1.82, 2.24) is 0 Å². The standard InChI is InChI=1S/C25H31NO3/c1-24(2,3)29-22(27)16-18-25(17-10-11-19-28-25)26-23(20-12-6-4-7-13-20)21-14-8-5-9-15-21/h4-9,12-15H,10-11,16-19H2,1-3H3. The lowest BCUT2D eigenvalue weighted by atomic mass is 9.95. The van der Waals surface area contributed by atoms with Crippen molar-refractivity contribution in [3.05, 3.63) is 71.8 Å². The second-order valence-corrected chi connectivity index (χ2v) is 8.53. The molecule has 1 unspecified atom stereocenters. The summed E-state index contributed by atoms with van der Waals surface area (Å²) in [6.45, 7) is 6.32. The molecule has 4 nitrogen and oxygen atoms in total. The van der Waals surface area contributed by atoms with Crippen molar-refractivity contribution >= 4 is 11.7 Å². The zero-order valence-electron chi connectivity index (χ0n) is 17.7. The summed E-state index contributed by atoms with van der Waals surface area (Å²) in [6, 6.07) is 20.3. The maximum absolute atomic E-state index is 12.3. The highest BCUT2D eigenvalue weighted by Crippen LogP contribution is 2.33. The van der Waals surface area contributed by atoms with Crippen LogP contribution in [0.15, 0.2) is 65.7 Å². The minimum atomic E-state index is -0.698. The first-order valence-electron chi connectivity index (χ1n) is 10.4. The number of carbonyl (C=O) groups is 1. The van der Waals surface area contributed by atoms with Gasteiger partial charge in [0.2, 0.25) is 0 Å². The van der Waals surface area contributed by atoms with Crippen LogP contribution < -0.4 is 0 Å². The first kappa shape index (κ1) is 21.3. The van der Waals surface area contributed by atoms with Crippen LogP contribution in [0.5, 0.6) is 0 Å². The van der Waals surface area contributed by atoms with Crippen LogP contribution in [0.25, 0.3) is 0 Å². The van der Waals surface area contributed by atoms with E-state index in [9.17, 15) is 4.79 Å². The number of hydrogen-bond acceptors (Lipinski definition) is 4. The average Bonchev–Trinajstić information content (AvgIpc) is 2.72. The van der Waals surface area contributed by atoms with E-state index in [1.54, 1.807) is 0 Å². The van der Waals surface area contributed by atoms with Crippen molar-refractivity contribution in [2.24, 2.45) is 4.99 Å². The molecule has 0 amide bonds. The highest BCUT2D eigenvalue weighted by atomic mass is 16.6. The largest absolute Gasteiger partial charge is 0.460 e. The Morgan fingerprint density at radius 2 is 1.59 bits per heavy atom. The van der Waals surface area contributed by atoms with E-state index in [4.69, 9.17) is 14.5 Å². The van der Waals surface area contributed by atoms with Gasteiger partial charge in [0.25, 0.3) is 0 Å². The van der Waals surface area contributed by atoms with Crippen LogP contribution in [0.4, 0.5) is 0 Å². The van der Waals surface area contributed by atoms with Crippen molar-refractivity contribution in [2.75, 3.05) is 6.61 Å². The van der Waals surface area contributed by atoms with E-state index in [-0.39, 0.29) is 12.4 Å². The minimum Gasteiger partial charge on any atom is -0.460 e. The maximum atomic E-state index is 12.3. The van der Waals surface area contributed by atoms with Gasteiger partial charge in [0.05, 0.1) is 12.1 Å². The molecule has 2 aromatic carbocycles. The number of benzene rings is 2. The van der Waals surface area contributed by atoms with Gasteiger partial charge in [-0.15, -0.1) is 0 Å². The lowest BCUT2D eigenvalue weighted by molar-refractivity contribution is -0.157. The molecule has 1 saturated heterocycles. The van der Waals surface area contributed by atoms with E-state index in [1.165, 1.54) is 0 Å².